The van der Waals surface area contributed by atoms with Crippen molar-refractivity contribution in [2.45, 2.75) is 39.7 Å². The summed E-state index contributed by atoms with van der Waals surface area (Å²) in [7, 11) is 0. The minimum Gasteiger partial charge on any atom is -0.463 e. The van der Waals surface area contributed by atoms with E-state index >= 15 is 0 Å². The summed E-state index contributed by atoms with van der Waals surface area (Å²) >= 11 is 0. The first kappa shape index (κ1) is 18.6. The van der Waals surface area contributed by atoms with Crippen LogP contribution in [0.2, 0.25) is 0 Å². The van der Waals surface area contributed by atoms with E-state index in [1.807, 2.05) is 13.0 Å². The molecular formula is C17H23N3O5. The fourth-order valence-electron chi connectivity index (χ4n) is 2.50. The second-order valence-electron chi connectivity index (χ2n) is 5.61. The molecule has 1 saturated heterocycles. The van der Waals surface area contributed by atoms with Gasteiger partial charge in [-0.05, 0) is 32.8 Å². The molecule has 25 heavy (non-hydrogen) atoms. The lowest BCUT2D eigenvalue weighted by atomic mass is 10.1. The first-order valence-corrected chi connectivity index (χ1v) is 8.26. The van der Waals surface area contributed by atoms with Gasteiger partial charge in [0.05, 0.1) is 6.61 Å². The molecule has 0 spiro atoms. The van der Waals surface area contributed by atoms with Crippen LogP contribution in [0, 0.1) is 6.92 Å². The van der Waals surface area contributed by atoms with Crippen LogP contribution in [-0.4, -0.2) is 31.2 Å². The molecule has 1 atom stereocenters. The molecule has 1 fully saturated rings. The van der Waals surface area contributed by atoms with Gasteiger partial charge in [0, 0.05) is 12.1 Å². The van der Waals surface area contributed by atoms with Crippen molar-refractivity contribution in [2.75, 3.05) is 13.2 Å². The Morgan fingerprint density at radius 1 is 1.40 bits per heavy atom. The standard InChI is InChI=1S/C17H23N3O5/c1-4-11(6-7-18-17(23)24-5-2)8-12-9-13(25-10(12)3)14-15(21)20-16(22)19-14/h8-9,14H,4-7H2,1-3H3,(H,18,23)(H2,19,20,21,22)/b11-8+. The third-order valence-electron chi connectivity index (χ3n) is 3.84. The topological polar surface area (TPSA) is 110 Å². The van der Waals surface area contributed by atoms with Gasteiger partial charge >= 0.3 is 12.1 Å². The van der Waals surface area contributed by atoms with Gasteiger partial charge in [0.15, 0.2) is 6.04 Å². The van der Waals surface area contributed by atoms with Gasteiger partial charge in [-0.3, -0.25) is 10.1 Å². The monoisotopic (exact) mass is 349 g/mol. The Morgan fingerprint density at radius 2 is 2.16 bits per heavy atom. The predicted molar refractivity (Wildman–Crippen MR) is 90.8 cm³/mol. The van der Waals surface area contributed by atoms with Crippen molar-refractivity contribution in [2.24, 2.45) is 0 Å². The van der Waals surface area contributed by atoms with Crippen molar-refractivity contribution in [1.29, 1.82) is 0 Å². The molecule has 4 amide bonds. The molecule has 0 bridgehead atoms. The molecule has 1 aromatic heterocycles. The summed E-state index contributed by atoms with van der Waals surface area (Å²) in [5.41, 5.74) is 1.96. The molecule has 1 aromatic rings. The van der Waals surface area contributed by atoms with Crippen molar-refractivity contribution >= 4 is 24.1 Å². The number of ether oxygens (including phenoxy) is 1. The molecule has 1 aliphatic rings. The van der Waals surface area contributed by atoms with Crippen LogP contribution in [0.4, 0.5) is 9.59 Å². The summed E-state index contributed by atoms with van der Waals surface area (Å²) in [6.45, 7) is 6.39. The number of imide groups is 1. The third-order valence-corrected chi connectivity index (χ3v) is 3.84. The highest BCUT2D eigenvalue weighted by atomic mass is 16.5. The Hall–Kier alpha value is -2.77. The van der Waals surface area contributed by atoms with E-state index < -0.39 is 24.1 Å². The minimum absolute atomic E-state index is 0.338. The number of hydrogen-bond acceptors (Lipinski definition) is 5. The number of alkyl carbamates (subject to hydrolysis) is 1. The van der Waals surface area contributed by atoms with Gasteiger partial charge in [0.1, 0.15) is 11.5 Å². The Morgan fingerprint density at radius 3 is 2.76 bits per heavy atom. The van der Waals surface area contributed by atoms with Crippen molar-refractivity contribution in [3.63, 3.8) is 0 Å². The van der Waals surface area contributed by atoms with Crippen molar-refractivity contribution in [1.82, 2.24) is 16.0 Å². The van der Waals surface area contributed by atoms with E-state index in [4.69, 9.17) is 9.15 Å². The van der Waals surface area contributed by atoms with Crippen molar-refractivity contribution in [3.05, 3.63) is 28.7 Å². The van der Waals surface area contributed by atoms with E-state index in [0.29, 0.717) is 31.1 Å². The molecule has 0 aromatic carbocycles. The highest BCUT2D eigenvalue weighted by Gasteiger charge is 2.33. The number of nitrogens with one attached hydrogen (secondary N) is 3. The Balaban J connectivity index is 2.04. The van der Waals surface area contributed by atoms with Crippen molar-refractivity contribution < 1.29 is 23.5 Å². The normalized spacial score (nSPS) is 17.2. The lowest BCUT2D eigenvalue weighted by Crippen LogP contribution is -2.25. The van der Waals surface area contributed by atoms with Gasteiger partial charge in [-0.2, -0.15) is 0 Å². The highest BCUT2D eigenvalue weighted by Crippen LogP contribution is 2.25. The summed E-state index contributed by atoms with van der Waals surface area (Å²) in [6.07, 6.45) is 3.04. The van der Waals surface area contributed by atoms with E-state index in [9.17, 15) is 14.4 Å². The number of urea groups is 1. The predicted octanol–water partition coefficient (Wildman–Crippen LogP) is 2.40. The van der Waals surface area contributed by atoms with Gasteiger partial charge in [-0.1, -0.05) is 18.6 Å². The molecule has 2 rings (SSSR count). The number of carbonyl (C=O) groups excluding carboxylic acids is 3. The molecule has 0 saturated carbocycles. The quantitative estimate of drug-likeness (QED) is 0.655. The maximum atomic E-state index is 11.7. The largest absolute Gasteiger partial charge is 0.463 e. The van der Waals surface area contributed by atoms with E-state index in [1.54, 1.807) is 19.9 Å². The smallest absolute Gasteiger partial charge is 0.407 e. The van der Waals surface area contributed by atoms with Gasteiger partial charge in [0.2, 0.25) is 0 Å². The van der Waals surface area contributed by atoms with E-state index in [-0.39, 0.29) is 0 Å². The molecule has 0 radical (unpaired) electrons. The van der Waals surface area contributed by atoms with E-state index in [0.717, 1.165) is 17.6 Å². The van der Waals surface area contributed by atoms with Crippen LogP contribution in [0.3, 0.4) is 0 Å². The van der Waals surface area contributed by atoms with Gasteiger partial charge in [0.25, 0.3) is 5.91 Å². The van der Waals surface area contributed by atoms with Crippen LogP contribution >= 0.6 is 0 Å². The van der Waals surface area contributed by atoms with E-state index in [2.05, 4.69) is 16.0 Å². The fraction of sp³-hybridized carbons (Fsp3) is 0.471. The summed E-state index contributed by atoms with van der Waals surface area (Å²) in [5, 5.41) is 7.37. The maximum Gasteiger partial charge on any atom is 0.407 e. The lowest BCUT2D eigenvalue weighted by molar-refractivity contribution is -0.120. The molecule has 2 heterocycles. The number of hydrogen-bond donors (Lipinski definition) is 3. The Kier molecular flexibility index (Phi) is 6.21. The van der Waals surface area contributed by atoms with Gasteiger partial charge in [-0.25, -0.2) is 9.59 Å². The molecule has 1 unspecified atom stereocenters. The van der Waals surface area contributed by atoms with Gasteiger partial charge in [-0.15, -0.1) is 0 Å². The molecule has 136 valence electrons. The zero-order chi connectivity index (χ0) is 18.4. The number of carbonyl (C=O) groups is 3. The Labute approximate surface area is 146 Å². The van der Waals surface area contributed by atoms with Crippen LogP contribution in [0.15, 0.2) is 16.1 Å². The SMILES string of the molecule is CCOC(=O)NCC/C(=C/c1cc(C2NC(=O)NC2=O)oc1C)CC. The highest BCUT2D eigenvalue weighted by molar-refractivity contribution is 6.04. The Bertz CT molecular complexity index is 692. The zero-order valence-corrected chi connectivity index (χ0v) is 14.6. The number of rotatable bonds is 7. The van der Waals surface area contributed by atoms with Crippen LogP contribution in [0.25, 0.3) is 6.08 Å². The third kappa shape index (κ3) is 4.85. The molecule has 1 aliphatic heterocycles. The summed E-state index contributed by atoms with van der Waals surface area (Å²) in [5.74, 6) is 0.629. The van der Waals surface area contributed by atoms with Crippen molar-refractivity contribution in [3.8, 4) is 0 Å². The average Bonchev–Trinajstić information content (AvgIpc) is 3.08. The van der Waals surface area contributed by atoms with Crippen LogP contribution in [-0.2, 0) is 9.53 Å². The van der Waals surface area contributed by atoms with Gasteiger partial charge < -0.3 is 19.8 Å². The molecule has 8 heteroatoms. The molecule has 8 nitrogen and oxygen atoms in total. The lowest BCUT2D eigenvalue weighted by Gasteiger charge is -2.07. The summed E-state index contributed by atoms with van der Waals surface area (Å²) < 4.78 is 10.4. The van der Waals surface area contributed by atoms with Crippen LogP contribution < -0.4 is 16.0 Å². The minimum atomic E-state index is -0.802. The zero-order valence-electron chi connectivity index (χ0n) is 14.6. The number of furan rings is 1. The first-order valence-electron chi connectivity index (χ1n) is 8.26. The van der Waals surface area contributed by atoms with Crippen LogP contribution in [0.5, 0.6) is 0 Å². The van der Waals surface area contributed by atoms with Crippen LogP contribution in [0.1, 0.15) is 49.8 Å². The number of aryl methyl sites for hydroxylation is 1. The first-order chi connectivity index (χ1) is 11.9. The molecular weight excluding hydrogens is 326 g/mol. The fourth-order valence-corrected chi connectivity index (χ4v) is 2.50. The molecule has 3 N–H and O–H groups in total. The van der Waals surface area contributed by atoms with E-state index in [1.165, 1.54) is 0 Å². The summed E-state index contributed by atoms with van der Waals surface area (Å²) in [4.78, 5) is 34.2. The number of amides is 4. The maximum absolute atomic E-state index is 11.7. The summed E-state index contributed by atoms with van der Waals surface area (Å²) in [6, 6.07) is 0.420. The second kappa shape index (κ2) is 8.36. The molecule has 0 aliphatic carbocycles. The average molecular weight is 349 g/mol. The second-order valence-corrected chi connectivity index (χ2v) is 5.61.